The third kappa shape index (κ3) is 5.93. The Morgan fingerprint density at radius 1 is 1.14 bits per heavy atom. The Labute approximate surface area is 216 Å². The van der Waals surface area contributed by atoms with E-state index in [2.05, 4.69) is 32.3 Å². The van der Waals surface area contributed by atoms with E-state index in [1.165, 1.54) is 11.1 Å². The van der Waals surface area contributed by atoms with E-state index in [0.717, 1.165) is 37.5 Å². The first-order valence-electron chi connectivity index (χ1n) is 12.9. The summed E-state index contributed by atoms with van der Waals surface area (Å²) in [6, 6.07) is 5.66. The van der Waals surface area contributed by atoms with Crippen molar-refractivity contribution in [2.24, 2.45) is 0 Å². The first-order chi connectivity index (χ1) is 18.0. The van der Waals surface area contributed by atoms with Gasteiger partial charge in [-0.05, 0) is 48.7 Å². The quantitative estimate of drug-likeness (QED) is 0.385. The highest BCUT2D eigenvalue weighted by molar-refractivity contribution is 5.83. The minimum atomic E-state index is -0.384. The number of tetrazole rings is 1. The van der Waals surface area contributed by atoms with Gasteiger partial charge in [0.15, 0.2) is 17.3 Å². The lowest BCUT2D eigenvalue weighted by Gasteiger charge is -2.39. The lowest BCUT2D eigenvalue weighted by Crippen LogP contribution is -2.41. The normalized spacial score (nSPS) is 15.2. The van der Waals surface area contributed by atoms with Gasteiger partial charge in [0, 0.05) is 29.6 Å². The van der Waals surface area contributed by atoms with Gasteiger partial charge in [0.25, 0.3) is 5.56 Å². The van der Waals surface area contributed by atoms with E-state index in [1.54, 1.807) is 27.2 Å². The second kappa shape index (κ2) is 12.2. The minimum absolute atomic E-state index is 0.0522. The van der Waals surface area contributed by atoms with E-state index in [4.69, 9.17) is 14.2 Å². The maximum absolute atomic E-state index is 13.2. The molecule has 1 aliphatic rings. The summed E-state index contributed by atoms with van der Waals surface area (Å²) in [7, 11) is 3.16. The minimum Gasteiger partial charge on any atom is -0.493 e. The van der Waals surface area contributed by atoms with Gasteiger partial charge < -0.3 is 19.2 Å². The molecule has 37 heavy (non-hydrogen) atoms. The van der Waals surface area contributed by atoms with Crippen LogP contribution in [-0.2, 0) is 22.6 Å². The molecule has 1 unspecified atom stereocenters. The second-order valence-electron chi connectivity index (χ2n) is 9.31. The van der Waals surface area contributed by atoms with E-state index >= 15 is 0 Å². The molecular formula is C26H36N6O5. The van der Waals surface area contributed by atoms with Crippen LogP contribution >= 0.6 is 0 Å². The number of rotatable bonds is 11. The largest absolute Gasteiger partial charge is 0.493 e. The fourth-order valence-electron chi connectivity index (χ4n) is 5.26. The number of carbonyl (C=O) groups is 1. The summed E-state index contributed by atoms with van der Waals surface area (Å²) in [4.78, 5) is 30.8. The van der Waals surface area contributed by atoms with Crippen molar-refractivity contribution in [3.63, 3.8) is 0 Å². The Morgan fingerprint density at radius 3 is 2.54 bits per heavy atom. The summed E-state index contributed by atoms with van der Waals surface area (Å²) in [5.41, 5.74) is 1.18. The lowest BCUT2D eigenvalue weighted by molar-refractivity contribution is -0.144. The molecule has 1 aliphatic carbocycles. The maximum atomic E-state index is 13.2. The number of hydrogen-bond donors (Lipinski definition) is 1. The number of nitrogens with zero attached hydrogens (tertiary/aromatic N) is 5. The Bertz CT molecular complexity index is 1270. The number of hydrogen-bond acceptors (Lipinski definition) is 9. The average molecular weight is 513 g/mol. The first kappa shape index (κ1) is 26.6. The van der Waals surface area contributed by atoms with Crippen LogP contribution in [0.5, 0.6) is 11.5 Å². The summed E-state index contributed by atoms with van der Waals surface area (Å²) < 4.78 is 17.5. The fraction of sp³-hybridized carbons (Fsp3) is 0.577. The smallest absolute Gasteiger partial charge is 0.327 e. The van der Waals surface area contributed by atoms with E-state index < -0.39 is 0 Å². The summed E-state index contributed by atoms with van der Waals surface area (Å²) in [5.74, 6) is 1.37. The molecule has 1 fully saturated rings. The molecule has 1 N–H and O–H groups in total. The third-order valence-electron chi connectivity index (χ3n) is 7.05. The SMILES string of the molecule is CCOC(=O)Cn1nnnc1C(CC)N(Cc1cc2cc(OC)c(OC)cc2[nH]c1=O)C1CCCCC1. The Balaban J connectivity index is 1.72. The number of pyridine rings is 1. The van der Waals surface area contributed by atoms with Crippen LogP contribution in [0.1, 0.15) is 69.8 Å². The van der Waals surface area contributed by atoms with E-state index in [0.29, 0.717) is 41.6 Å². The van der Waals surface area contributed by atoms with Gasteiger partial charge in [-0.25, -0.2) is 4.68 Å². The number of ether oxygens (including phenoxy) is 3. The number of methoxy groups -OCH3 is 2. The van der Waals surface area contributed by atoms with Crippen LogP contribution in [0.15, 0.2) is 23.0 Å². The summed E-state index contributed by atoms with van der Waals surface area (Å²) >= 11 is 0. The predicted octanol–water partition coefficient (Wildman–Crippen LogP) is 3.38. The number of carbonyl (C=O) groups excluding carboxylic acids is 1. The molecule has 2 aromatic heterocycles. The van der Waals surface area contributed by atoms with Crippen molar-refractivity contribution < 1.29 is 19.0 Å². The zero-order valence-electron chi connectivity index (χ0n) is 22.0. The monoisotopic (exact) mass is 512 g/mol. The number of aromatic nitrogens is 5. The van der Waals surface area contributed by atoms with Gasteiger partial charge in [0.2, 0.25) is 0 Å². The van der Waals surface area contributed by atoms with Gasteiger partial charge >= 0.3 is 5.97 Å². The number of fused-ring (bicyclic) bond motifs is 1. The summed E-state index contributed by atoms with van der Waals surface area (Å²) in [6.45, 7) is 4.51. The van der Waals surface area contributed by atoms with Gasteiger partial charge in [-0.1, -0.05) is 26.2 Å². The molecule has 2 heterocycles. The van der Waals surface area contributed by atoms with Crippen molar-refractivity contribution in [3.05, 3.63) is 39.9 Å². The number of aromatic amines is 1. The molecule has 1 saturated carbocycles. The second-order valence-corrected chi connectivity index (χ2v) is 9.31. The van der Waals surface area contributed by atoms with Crippen LogP contribution in [0, 0.1) is 0 Å². The molecule has 0 aliphatic heterocycles. The maximum Gasteiger partial charge on any atom is 0.327 e. The van der Waals surface area contributed by atoms with Crippen LogP contribution in [-0.4, -0.2) is 62.9 Å². The van der Waals surface area contributed by atoms with Gasteiger partial charge in [0.1, 0.15) is 6.54 Å². The highest BCUT2D eigenvalue weighted by Crippen LogP contribution is 2.34. The van der Waals surface area contributed by atoms with Crippen LogP contribution < -0.4 is 15.0 Å². The number of H-pyrrole nitrogens is 1. The first-order valence-corrected chi connectivity index (χ1v) is 12.9. The van der Waals surface area contributed by atoms with Gasteiger partial charge in [-0.15, -0.1) is 5.10 Å². The van der Waals surface area contributed by atoms with Crippen molar-refractivity contribution in [2.75, 3.05) is 20.8 Å². The number of benzene rings is 1. The van der Waals surface area contributed by atoms with Crippen LogP contribution in [0.2, 0.25) is 0 Å². The molecule has 0 amide bonds. The summed E-state index contributed by atoms with van der Waals surface area (Å²) in [5, 5.41) is 13.1. The Kier molecular flexibility index (Phi) is 8.75. The zero-order valence-corrected chi connectivity index (χ0v) is 22.0. The highest BCUT2D eigenvalue weighted by Gasteiger charge is 2.32. The lowest BCUT2D eigenvalue weighted by atomic mass is 9.92. The standard InChI is InChI=1S/C26H36N6O5/c1-5-21(25-28-29-30-32(25)16-24(33)37-6-2)31(19-10-8-7-9-11-19)15-18-12-17-13-22(35-3)23(36-4)14-20(17)27-26(18)34/h12-14,19,21H,5-11,15-16H2,1-4H3,(H,27,34). The molecule has 0 bridgehead atoms. The molecule has 4 rings (SSSR count). The topological polar surface area (TPSA) is 124 Å². The fourth-order valence-corrected chi connectivity index (χ4v) is 5.26. The number of esters is 1. The molecule has 1 aromatic carbocycles. The Hall–Kier alpha value is -3.47. The van der Waals surface area contributed by atoms with Crippen molar-refractivity contribution in [3.8, 4) is 11.5 Å². The molecule has 3 aromatic rings. The number of nitrogens with one attached hydrogen (secondary N) is 1. The van der Waals surface area contributed by atoms with Crippen LogP contribution in [0.25, 0.3) is 10.9 Å². The molecule has 200 valence electrons. The third-order valence-corrected chi connectivity index (χ3v) is 7.05. The van der Waals surface area contributed by atoms with Crippen LogP contribution in [0.3, 0.4) is 0 Å². The molecule has 0 spiro atoms. The van der Waals surface area contributed by atoms with Crippen molar-refractivity contribution in [1.82, 2.24) is 30.1 Å². The van der Waals surface area contributed by atoms with Crippen LogP contribution in [0.4, 0.5) is 0 Å². The van der Waals surface area contributed by atoms with E-state index in [1.807, 2.05) is 12.1 Å². The molecule has 0 radical (unpaired) electrons. The van der Waals surface area contributed by atoms with Crippen molar-refractivity contribution in [2.45, 2.75) is 77.5 Å². The van der Waals surface area contributed by atoms with Gasteiger partial charge in [-0.2, -0.15) is 0 Å². The molecule has 0 saturated heterocycles. The molecule has 11 heteroatoms. The van der Waals surface area contributed by atoms with Crippen molar-refractivity contribution >= 4 is 16.9 Å². The van der Waals surface area contributed by atoms with E-state index in [9.17, 15) is 9.59 Å². The molecular weight excluding hydrogens is 476 g/mol. The Morgan fingerprint density at radius 2 is 1.86 bits per heavy atom. The van der Waals surface area contributed by atoms with Crippen molar-refractivity contribution in [1.29, 1.82) is 0 Å². The molecule has 11 nitrogen and oxygen atoms in total. The highest BCUT2D eigenvalue weighted by atomic mass is 16.5. The average Bonchev–Trinajstić information content (AvgIpc) is 3.36. The van der Waals surface area contributed by atoms with Gasteiger partial charge in [-0.3, -0.25) is 14.5 Å². The zero-order chi connectivity index (χ0) is 26.4. The van der Waals surface area contributed by atoms with E-state index in [-0.39, 0.29) is 30.2 Å². The predicted molar refractivity (Wildman–Crippen MR) is 138 cm³/mol. The molecule has 1 atom stereocenters. The summed E-state index contributed by atoms with van der Waals surface area (Å²) in [6.07, 6.45) is 6.27. The van der Waals surface area contributed by atoms with Gasteiger partial charge in [0.05, 0.1) is 32.4 Å².